The molecule has 2 aromatic rings. The molecule has 1 unspecified atom stereocenters. The molecule has 1 amide bonds. The van der Waals surface area contributed by atoms with Crippen molar-refractivity contribution >= 4 is 17.5 Å². The van der Waals surface area contributed by atoms with Crippen LogP contribution in [0, 0.1) is 0 Å². The summed E-state index contributed by atoms with van der Waals surface area (Å²) in [5.41, 5.74) is 2.36. The molecule has 1 aromatic carbocycles. The number of amides is 1. The Bertz CT molecular complexity index is 666. The van der Waals surface area contributed by atoms with Crippen molar-refractivity contribution in [2.75, 3.05) is 19.6 Å². The number of nitrogens with zero attached hydrogens (tertiary/aromatic N) is 2. The number of benzene rings is 1. The summed E-state index contributed by atoms with van der Waals surface area (Å²) < 4.78 is 0. The summed E-state index contributed by atoms with van der Waals surface area (Å²) in [5, 5.41) is 10.6. The van der Waals surface area contributed by atoms with Gasteiger partial charge in [-0.3, -0.25) is 14.8 Å². The predicted molar refractivity (Wildman–Crippen MR) is 104 cm³/mol. The number of carbonyl (C=O) groups excluding carboxylic acids is 1. The fraction of sp³-hybridized carbons (Fsp3) is 0.500. The normalized spacial score (nSPS) is 16.3. The van der Waals surface area contributed by atoms with Crippen molar-refractivity contribution in [3.8, 4) is 0 Å². The van der Waals surface area contributed by atoms with Crippen molar-refractivity contribution in [2.45, 2.75) is 44.6 Å². The lowest BCUT2D eigenvalue weighted by molar-refractivity contribution is -0.121. The Morgan fingerprint density at radius 3 is 2.69 bits per heavy atom. The Morgan fingerprint density at radius 1 is 1.23 bits per heavy atom. The molecule has 2 heterocycles. The first-order valence-corrected chi connectivity index (χ1v) is 9.84. The molecule has 0 saturated carbocycles. The summed E-state index contributed by atoms with van der Waals surface area (Å²) in [6.45, 7) is 2.82. The molecule has 6 heteroatoms. The third-order valence-corrected chi connectivity index (χ3v) is 5.25. The minimum Gasteiger partial charge on any atom is -0.354 e. The summed E-state index contributed by atoms with van der Waals surface area (Å²) in [6.07, 6.45) is 9.68. The van der Waals surface area contributed by atoms with Gasteiger partial charge in [0.25, 0.3) is 0 Å². The maximum atomic E-state index is 12.3. The smallest absolute Gasteiger partial charge is 0.220 e. The van der Waals surface area contributed by atoms with Crippen LogP contribution in [0.5, 0.6) is 0 Å². The number of hydrogen-bond donors (Lipinski definition) is 2. The van der Waals surface area contributed by atoms with Crippen LogP contribution in [0.25, 0.3) is 0 Å². The number of hydrogen-bond acceptors (Lipinski definition) is 3. The SMILES string of the molecule is O=C(CCCc1cn[nH]c1)NCC(c1ccc(Cl)cc1)N1CCCCC1. The number of H-pyrrole nitrogens is 1. The molecule has 0 spiro atoms. The molecule has 1 fully saturated rings. The van der Waals surface area contributed by atoms with Crippen LogP contribution in [-0.4, -0.2) is 40.6 Å². The van der Waals surface area contributed by atoms with Gasteiger partial charge in [0.05, 0.1) is 12.2 Å². The molecule has 0 bridgehead atoms. The zero-order valence-corrected chi connectivity index (χ0v) is 15.8. The molecule has 3 rings (SSSR count). The monoisotopic (exact) mass is 374 g/mol. The van der Waals surface area contributed by atoms with Gasteiger partial charge >= 0.3 is 0 Å². The molecule has 5 nitrogen and oxygen atoms in total. The van der Waals surface area contributed by atoms with E-state index >= 15 is 0 Å². The summed E-state index contributed by atoms with van der Waals surface area (Å²) in [5.74, 6) is 0.115. The lowest BCUT2D eigenvalue weighted by Crippen LogP contribution is -2.40. The summed E-state index contributed by atoms with van der Waals surface area (Å²) >= 11 is 6.04. The van der Waals surface area contributed by atoms with Crippen LogP contribution in [0.1, 0.15) is 49.3 Å². The van der Waals surface area contributed by atoms with Gasteiger partial charge in [-0.05, 0) is 62.0 Å². The van der Waals surface area contributed by atoms with Gasteiger partial charge in [-0.15, -0.1) is 0 Å². The number of likely N-dealkylation sites (tertiary alicyclic amines) is 1. The van der Waals surface area contributed by atoms with Gasteiger partial charge in [0.2, 0.25) is 5.91 Å². The molecule has 1 aromatic heterocycles. The van der Waals surface area contributed by atoms with E-state index in [1.165, 1.54) is 24.8 Å². The van der Waals surface area contributed by atoms with E-state index in [4.69, 9.17) is 11.6 Å². The van der Waals surface area contributed by atoms with Crippen molar-refractivity contribution in [3.63, 3.8) is 0 Å². The second-order valence-corrected chi connectivity index (χ2v) is 7.36. The van der Waals surface area contributed by atoms with Crippen LogP contribution in [0.15, 0.2) is 36.7 Å². The van der Waals surface area contributed by atoms with E-state index in [0.29, 0.717) is 13.0 Å². The average molecular weight is 375 g/mol. The van der Waals surface area contributed by atoms with E-state index in [1.807, 2.05) is 24.5 Å². The molecular weight excluding hydrogens is 348 g/mol. The van der Waals surface area contributed by atoms with E-state index < -0.39 is 0 Å². The Morgan fingerprint density at radius 2 is 2.00 bits per heavy atom. The zero-order valence-electron chi connectivity index (χ0n) is 15.1. The topological polar surface area (TPSA) is 61.0 Å². The van der Waals surface area contributed by atoms with Gasteiger partial charge < -0.3 is 5.32 Å². The second-order valence-electron chi connectivity index (χ2n) is 6.93. The third-order valence-electron chi connectivity index (χ3n) is 5.00. The number of aromatic amines is 1. The van der Waals surface area contributed by atoms with Gasteiger partial charge in [0.15, 0.2) is 0 Å². The number of rotatable bonds is 8. The fourth-order valence-corrected chi connectivity index (χ4v) is 3.67. The van der Waals surface area contributed by atoms with Gasteiger partial charge in [-0.1, -0.05) is 30.2 Å². The number of carbonyl (C=O) groups is 1. The first-order chi connectivity index (χ1) is 12.7. The largest absolute Gasteiger partial charge is 0.354 e. The van der Waals surface area contributed by atoms with Crippen LogP contribution >= 0.6 is 11.6 Å². The summed E-state index contributed by atoms with van der Waals surface area (Å²) in [4.78, 5) is 14.8. The van der Waals surface area contributed by atoms with Crippen LogP contribution in [-0.2, 0) is 11.2 Å². The third kappa shape index (κ3) is 5.58. The maximum Gasteiger partial charge on any atom is 0.220 e. The van der Waals surface area contributed by atoms with Gasteiger partial charge in [0.1, 0.15) is 0 Å². The molecule has 2 N–H and O–H groups in total. The predicted octanol–water partition coefficient (Wildman–Crippen LogP) is 3.73. The van der Waals surface area contributed by atoms with Crippen molar-refractivity contribution in [2.24, 2.45) is 0 Å². The lowest BCUT2D eigenvalue weighted by Gasteiger charge is -2.35. The summed E-state index contributed by atoms with van der Waals surface area (Å²) in [7, 11) is 0. The zero-order chi connectivity index (χ0) is 18.2. The van der Waals surface area contributed by atoms with E-state index in [1.54, 1.807) is 0 Å². The molecular formula is C20H27ClN4O. The number of aromatic nitrogens is 2. The van der Waals surface area contributed by atoms with E-state index in [2.05, 4.69) is 32.5 Å². The van der Waals surface area contributed by atoms with E-state index in [-0.39, 0.29) is 11.9 Å². The highest BCUT2D eigenvalue weighted by atomic mass is 35.5. The van der Waals surface area contributed by atoms with Crippen molar-refractivity contribution < 1.29 is 4.79 Å². The lowest BCUT2D eigenvalue weighted by atomic mass is 10.0. The van der Waals surface area contributed by atoms with Gasteiger partial charge in [0, 0.05) is 24.2 Å². The van der Waals surface area contributed by atoms with Crippen molar-refractivity contribution in [1.82, 2.24) is 20.4 Å². The Balaban J connectivity index is 1.53. The highest BCUT2D eigenvalue weighted by Crippen LogP contribution is 2.25. The molecule has 1 atom stereocenters. The average Bonchev–Trinajstić information content (AvgIpc) is 3.18. The Kier molecular flexibility index (Phi) is 7.09. The van der Waals surface area contributed by atoms with Crippen LogP contribution in [0.3, 0.4) is 0 Å². The molecule has 1 aliphatic heterocycles. The van der Waals surface area contributed by atoms with E-state index in [9.17, 15) is 4.79 Å². The molecule has 140 valence electrons. The highest BCUT2D eigenvalue weighted by Gasteiger charge is 2.22. The number of aryl methyl sites for hydroxylation is 1. The van der Waals surface area contributed by atoms with Gasteiger partial charge in [-0.2, -0.15) is 5.10 Å². The number of halogens is 1. The van der Waals surface area contributed by atoms with Crippen LogP contribution in [0.2, 0.25) is 5.02 Å². The second kappa shape index (κ2) is 9.74. The quantitative estimate of drug-likeness (QED) is 0.740. The molecule has 0 aliphatic carbocycles. The number of piperidine rings is 1. The minimum atomic E-state index is 0.115. The van der Waals surface area contributed by atoms with Gasteiger partial charge in [-0.25, -0.2) is 0 Å². The molecule has 1 aliphatic rings. The standard InChI is InChI=1S/C20H27ClN4O/c21-18-9-7-17(8-10-18)19(25-11-2-1-3-12-25)15-22-20(26)6-4-5-16-13-23-24-14-16/h7-10,13-14,19H,1-6,11-12,15H2,(H,22,26)(H,23,24). The Labute approximate surface area is 160 Å². The first-order valence-electron chi connectivity index (χ1n) is 9.46. The minimum absolute atomic E-state index is 0.115. The molecule has 1 saturated heterocycles. The molecule has 0 radical (unpaired) electrons. The first kappa shape index (κ1) is 18.9. The van der Waals surface area contributed by atoms with Crippen LogP contribution < -0.4 is 5.32 Å². The van der Waals surface area contributed by atoms with Crippen LogP contribution in [0.4, 0.5) is 0 Å². The highest BCUT2D eigenvalue weighted by molar-refractivity contribution is 6.30. The van der Waals surface area contributed by atoms with Crippen molar-refractivity contribution in [1.29, 1.82) is 0 Å². The van der Waals surface area contributed by atoms with E-state index in [0.717, 1.165) is 36.5 Å². The maximum absolute atomic E-state index is 12.3. The fourth-order valence-electron chi connectivity index (χ4n) is 3.54. The Hall–Kier alpha value is -1.85. The number of nitrogens with one attached hydrogen (secondary N) is 2. The summed E-state index contributed by atoms with van der Waals surface area (Å²) in [6, 6.07) is 8.23. The van der Waals surface area contributed by atoms with Crippen molar-refractivity contribution in [3.05, 3.63) is 52.8 Å². The molecule has 26 heavy (non-hydrogen) atoms.